The summed E-state index contributed by atoms with van der Waals surface area (Å²) in [7, 11) is -1.30. The summed E-state index contributed by atoms with van der Waals surface area (Å²) in [6.45, 7) is 14.2. The second-order valence-corrected chi connectivity index (χ2v) is 20.0. The number of aromatic nitrogens is 3. The molecule has 13 heteroatoms. The van der Waals surface area contributed by atoms with Crippen molar-refractivity contribution < 1.29 is 23.4 Å². The predicted octanol–water partition coefficient (Wildman–Crippen LogP) is 6.53. The molecule has 2 aromatic carbocycles. The Morgan fingerprint density at radius 1 is 1.15 bits per heavy atom. The molecule has 46 heavy (non-hydrogen) atoms. The number of hydrogen-bond donors (Lipinski definition) is 0. The number of carbonyl (C=O) groups is 1. The third-order valence-corrected chi connectivity index (χ3v) is 10.3. The van der Waals surface area contributed by atoms with Gasteiger partial charge in [-0.3, -0.25) is 9.36 Å². The number of anilines is 1. The van der Waals surface area contributed by atoms with Gasteiger partial charge < -0.3 is 24.0 Å². The van der Waals surface area contributed by atoms with Crippen LogP contribution < -0.4 is 15.2 Å². The highest BCUT2D eigenvalue weighted by Gasteiger charge is 2.38. The van der Waals surface area contributed by atoms with Crippen molar-refractivity contribution in [2.24, 2.45) is 0 Å². The van der Waals surface area contributed by atoms with E-state index >= 15 is 4.39 Å². The summed E-state index contributed by atoms with van der Waals surface area (Å²) < 4.78 is 36.0. The molecule has 10 nitrogen and oxygen atoms in total. The molecule has 1 amide bonds. The first kappa shape index (κ1) is 32.2. The Morgan fingerprint density at radius 3 is 2.67 bits per heavy atom. The van der Waals surface area contributed by atoms with Crippen molar-refractivity contribution in [1.29, 1.82) is 0 Å². The summed E-state index contributed by atoms with van der Waals surface area (Å²) in [4.78, 5) is 39.2. The molecule has 0 bridgehead atoms. The number of carbonyl (C=O) groups excluding carboxylic acids is 1. The summed E-state index contributed by atoms with van der Waals surface area (Å²) in [6.07, 6.45) is 2.60. The molecular formula is C33H39ClFN5O5Si. The van der Waals surface area contributed by atoms with Crippen molar-refractivity contribution in [1.82, 2.24) is 19.4 Å². The number of rotatable bonds is 6. The SMILES string of the molecule is CC(C)(C)OC(=O)N1CCN2c3ncnc4c(F)c(-c5cccc6ccn(COCC[Si](C)(C)C)c(=O)c56)c(Cl)c(c34)OC[C@@H]2C1. The lowest BCUT2D eigenvalue weighted by molar-refractivity contribution is 0.0202. The minimum absolute atomic E-state index is 0.0265. The number of fused-ring (bicyclic) bond motifs is 3. The summed E-state index contributed by atoms with van der Waals surface area (Å²) in [5.74, 6) is 0.0507. The van der Waals surface area contributed by atoms with Crippen LogP contribution >= 0.6 is 11.6 Å². The average molecular weight is 668 g/mol. The molecule has 244 valence electrons. The van der Waals surface area contributed by atoms with Crippen molar-refractivity contribution in [3.63, 3.8) is 0 Å². The van der Waals surface area contributed by atoms with Crippen LogP contribution in [0.5, 0.6) is 5.75 Å². The van der Waals surface area contributed by atoms with Crippen molar-refractivity contribution in [3.8, 4) is 16.9 Å². The normalized spacial score (nSPS) is 16.7. The molecule has 1 saturated heterocycles. The monoisotopic (exact) mass is 667 g/mol. The van der Waals surface area contributed by atoms with Gasteiger partial charge in [-0.15, -0.1) is 0 Å². The summed E-state index contributed by atoms with van der Waals surface area (Å²) in [6, 6.07) is 7.76. The maximum Gasteiger partial charge on any atom is 0.410 e. The van der Waals surface area contributed by atoms with E-state index in [0.717, 1.165) is 6.04 Å². The molecule has 1 fully saturated rings. The number of halogens is 2. The zero-order valence-electron chi connectivity index (χ0n) is 27.0. The van der Waals surface area contributed by atoms with Crippen LogP contribution in [0.4, 0.5) is 15.0 Å². The van der Waals surface area contributed by atoms with Crippen LogP contribution in [-0.2, 0) is 16.2 Å². The van der Waals surface area contributed by atoms with E-state index in [1.54, 1.807) is 23.2 Å². The summed E-state index contributed by atoms with van der Waals surface area (Å²) >= 11 is 7.04. The maximum atomic E-state index is 16.7. The quantitative estimate of drug-likeness (QED) is 0.169. The van der Waals surface area contributed by atoms with E-state index in [1.807, 2.05) is 37.8 Å². The smallest absolute Gasteiger partial charge is 0.410 e. The second kappa shape index (κ2) is 12.1. The van der Waals surface area contributed by atoms with Gasteiger partial charge in [0.15, 0.2) is 11.6 Å². The van der Waals surface area contributed by atoms with E-state index in [-0.39, 0.29) is 46.8 Å². The fraction of sp³-hybridized carbons (Fsp3) is 0.455. The van der Waals surface area contributed by atoms with Gasteiger partial charge in [0.2, 0.25) is 0 Å². The van der Waals surface area contributed by atoms with Gasteiger partial charge in [0.25, 0.3) is 5.56 Å². The highest BCUT2D eigenvalue weighted by Crippen LogP contribution is 2.48. The molecule has 0 saturated carbocycles. The summed E-state index contributed by atoms with van der Waals surface area (Å²) in [5, 5.41) is 1.35. The number of benzene rings is 2. The maximum absolute atomic E-state index is 16.7. The number of hydrogen-bond acceptors (Lipinski definition) is 8. The largest absolute Gasteiger partial charge is 0.489 e. The van der Waals surface area contributed by atoms with Crippen LogP contribution in [-0.4, -0.2) is 78.1 Å². The Balaban J connectivity index is 1.40. The Kier molecular flexibility index (Phi) is 8.49. The molecule has 0 aliphatic carbocycles. The second-order valence-electron chi connectivity index (χ2n) is 14.0. The lowest BCUT2D eigenvalue weighted by atomic mass is 9.97. The predicted molar refractivity (Wildman–Crippen MR) is 180 cm³/mol. The molecule has 0 N–H and O–H groups in total. The highest BCUT2D eigenvalue weighted by atomic mass is 35.5. The molecule has 2 aliphatic rings. The van der Waals surface area contributed by atoms with Crippen molar-refractivity contribution in [3.05, 3.63) is 58.0 Å². The Morgan fingerprint density at radius 2 is 1.93 bits per heavy atom. The van der Waals surface area contributed by atoms with Crippen LogP contribution in [0.1, 0.15) is 20.8 Å². The minimum atomic E-state index is -1.30. The number of ether oxygens (including phenoxy) is 3. The fourth-order valence-corrected chi connectivity index (χ4v) is 7.00. The first-order valence-corrected chi connectivity index (χ1v) is 19.6. The van der Waals surface area contributed by atoms with Gasteiger partial charge in [-0.2, -0.15) is 0 Å². The molecule has 0 unspecified atom stereocenters. The van der Waals surface area contributed by atoms with E-state index in [0.29, 0.717) is 53.8 Å². The first-order valence-electron chi connectivity index (χ1n) is 15.5. The molecule has 2 aliphatic heterocycles. The third kappa shape index (κ3) is 6.17. The van der Waals surface area contributed by atoms with E-state index in [1.165, 1.54) is 10.9 Å². The lowest BCUT2D eigenvalue weighted by Crippen LogP contribution is -2.57. The van der Waals surface area contributed by atoms with Gasteiger partial charge in [0.1, 0.15) is 36.6 Å². The van der Waals surface area contributed by atoms with Crippen LogP contribution in [0.15, 0.2) is 41.6 Å². The number of nitrogens with zero attached hydrogens (tertiary/aromatic N) is 5. The Labute approximate surface area is 273 Å². The van der Waals surface area contributed by atoms with E-state index < -0.39 is 25.6 Å². The van der Waals surface area contributed by atoms with Gasteiger partial charge in [-0.1, -0.05) is 49.4 Å². The zero-order valence-corrected chi connectivity index (χ0v) is 28.8. The minimum Gasteiger partial charge on any atom is -0.489 e. The Hall–Kier alpha value is -3.74. The van der Waals surface area contributed by atoms with Crippen LogP contribution in [0.2, 0.25) is 30.7 Å². The van der Waals surface area contributed by atoms with Crippen LogP contribution in [0.25, 0.3) is 32.8 Å². The molecule has 6 rings (SSSR count). The Bertz CT molecular complexity index is 1890. The van der Waals surface area contributed by atoms with Gasteiger partial charge in [0.05, 0.1) is 21.8 Å². The number of pyridine rings is 1. The molecule has 2 aromatic heterocycles. The highest BCUT2D eigenvalue weighted by molar-refractivity contribution is 6.76. The molecule has 0 radical (unpaired) electrons. The van der Waals surface area contributed by atoms with Gasteiger partial charge in [0, 0.05) is 46.1 Å². The molecule has 1 atom stereocenters. The van der Waals surface area contributed by atoms with Crippen LogP contribution in [0, 0.1) is 5.82 Å². The fourth-order valence-electron chi connectivity index (χ4n) is 5.91. The first-order chi connectivity index (χ1) is 21.7. The number of piperazine rings is 1. The number of amides is 1. The van der Waals surface area contributed by atoms with Crippen molar-refractivity contribution >= 4 is 53.3 Å². The zero-order chi connectivity index (χ0) is 33.0. The standard InChI is InChI=1S/C33H39ClFN5O5Si/c1-33(2,3)45-32(42)38-12-13-40-21(16-38)17-44-29-25-28(36-18-37-30(25)40)27(35)24(26(29)34)22-9-7-8-20-10-11-39(31(41)23(20)22)19-43-14-15-46(4,5)6/h7-11,18,21H,12-17,19H2,1-6H3/t21-/m0/s1. The van der Waals surface area contributed by atoms with Crippen molar-refractivity contribution in [2.75, 3.05) is 37.7 Å². The van der Waals surface area contributed by atoms with Gasteiger partial charge >= 0.3 is 6.09 Å². The van der Waals surface area contributed by atoms with Crippen LogP contribution in [0.3, 0.4) is 0 Å². The molecular weight excluding hydrogens is 629 g/mol. The molecule has 4 heterocycles. The average Bonchev–Trinajstić information content (AvgIpc) is 3.15. The van der Waals surface area contributed by atoms with Gasteiger partial charge in [-0.25, -0.2) is 19.2 Å². The third-order valence-electron chi connectivity index (χ3n) is 8.23. The van der Waals surface area contributed by atoms with E-state index in [9.17, 15) is 9.59 Å². The molecule has 0 spiro atoms. The van der Waals surface area contributed by atoms with Gasteiger partial charge in [-0.05, 0) is 43.8 Å². The molecule has 4 aromatic rings. The van der Waals surface area contributed by atoms with Crippen molar-refractivity contribution in [2.45, 2.75) is 64.8 Å². The topological polar surface area (TPSA) is 99.0 Å². The van der Waals surface area contributed by atoms with E-state index in [4.69, 9.17) is 25.8 Å². The summed E-state index contributed by atoms with van der Waals surface area (Å²) in [5.41, 5.74) is -0.537. The lowest BCUT2D eigenvalue weighted by Gasteiger charge is -2.41. The van der Waals surface area contributed by atoms with E-state index in [2.05, 4.69) is 29.6 Å².